The summed E-state index contributed by atoms with van der Waals surface area (Å²) in [6.45, 7) is 5.83. The van der Waals surface area contributed by atoms with Gasteiger partial charge in [-0.25, -0.2) is 4.98 Å². The molecule has 2 aromatic carbocycles. The molecular weight excluding hydrogens is 378 g/mol. The van der Waals surface area contributed by atoms with Crippen LogP contribution >= 0.6 is 11.3 Å². The van der Waals surface area contributed by atoms with Crippen molar-refractivity contribution in [2.24, 2.45) is 0 Å². The Kier molecular flexibility index (Phi) is 5.70. The minimum absolute atomic E-state index is 0.0198. The Labute approximate surface area is 166 Å². The van der Waals surface area contributed by atoms with Gasteiger partial charge in [0, 0.05) is 23.1 Å². The van der Waals surface area contributed by atoms with Gasteiger partial charge in [-0.15, -0.1) is 11.3 Å². The fraction of sp³-hybridized carbons (Fsp3) is 0.200. The van der Waals surface area contributed by atoms with Crippen LogP contribution in [0, 0.1) is 30.9 Å². The van der Waals surface area contributed by atoms with Crippen LogP contribution in [-0.4, -0.2) is 22.4 Å². The van der Waals surface area contributed by atoms with Crippen LogP contribution in [0.2, 0.25) is 0 Å². The van der Waals surface area contributed by atoms with E-state index in [2.05, 4.69) is 16.4 Å². The van der Waals surface area contributed by atoms with Gasteiger partial charge in [-0.05, 0) is 55.7 Å². The summed E-state index contributed by atoms with van der Waals surface area (Å²) in [5.41, 5.74) is 4.60. The molecule has 0 fully saturated rings. The van der Waals surface area contributed by atoms with E-state index in [-0.39, 0.29) is 18.2 Å². The molecule has 0 aliphatic carbocycles. The fourth-order valence-corrected chi connectivity index (χ4v) is 3.40. The number of amides is 1. The molecular formula is C20H19N3O4S. The van der Waals surface area contributed by atoms with Crippen LogP contribution in [0.25, 0.3) is 11.3 Å². The molecule has 0 unspecified atom stereocenters. The molecule has 0 aliphatic heterocycles. The number of rotatable bonds is 6. The molecule has 3 rings (SSSR count). The fourth-order valence-electron chi connectivity index (χ4n) is 2.67. The quantitative estimate of drug-likeness (QED) is 0.482. The van der Waals surface area contributed by atoms with E-state index in [1.165, 1.54) is 23.5 Å². The Hall–Kier alpha value is -3.26. The lowest BCUT2D eigenvalue weighted by atomic mass is 10.1. The second-order valence-corrected chi connectivity index (χ2v) is 7.24. The summed E-state index contributed by atoms with van der Waals surface area (Å²) >= 11 is 1.28. The average molecular weight is 397 g/mol. The van der Waals surface area contributed by atoms with Crippen LogP contribution in [0.3, 0.4) is 0 Å². The standard InChI is InChI=1S/C20H19N3O4S/c1-12-8-13(2)14(3)18(9-12)27-10-19(24)22-20-21-17(11-28-20)15-4-6-16(7-5-15)23(25)26/h4-9,11H,10H2,1-3H3,(H,21,22,24). The Balaban J connectivity index is 1.62. The highest BCUT2D eigenvalue weighted by Crippen LogP contribution is 2.27. The molecule has 7 nitrogen and oxygen atoms in total. The van der Waals surface area contributed by atoms with Crippen molar-refractivity contribution in [3.05, 3.63) is 68.6 Å². The summed E-state index contributed by atoms with van der Waals surface area (Å²) < 4.78 is 5.66. The maximum Gasteiger partial charge on any atom is 0.269 e. The van der Waals surface area contributed by atoms with Crippen molar-refractivity contribution in [2.75, 3.05) is 11.9 Å². The number of carbonyl (C=O) groups excluding carboxylic acids is 1. The van der Waals surface area contributed by atoms with Gasteiger partial charge in [0.2, 0.25) is 0 Å². The number of nitrogens with zero attached hydrogens (tertiary/aromatic N) is 2. The Bertz CT molecular complexity index is 1030. The summed E-state index contributed by atoms with van der Waals surface area (Å²) in [6, 6.07) is 10.1. The van der Waals surface area contributed by atoms with Gasteiger partial charge in [-0.2, -0.15) is 0 Å². The number of nitro benzene ring substituents is 1. The molecule has 3 aromatic rings. The molecule has 1 N–H and O–H groups in total. The average Bonchev–Trinajstić information content (AvgIpc) is 3.12. The summed E-state index contributed by atoms with van der Waals surface area (Å²) in [5.74, 6) is 0.390. The largest absolute Gasteiger partial charge is 0.483 e. The second kappa shape index (κ2) is 8.18. The van der Waals surface area contributed by atoms with E-state index in [0.29, 0.717) is 16.6 Å². The molecule has 0 aliphatic rings. The van der Waals surface area contributed by atoms with Gasteiger partial charge < -0.3 is 4.74 Å². The molecule has 0 radical (unpaired) electrons. The highest BCUT2D eigenvalue weighted by atomic mass is 32.1. The summed E-state index contributed by atoms with van der Waals surface area (Å²) in [4.78, 5) is 26.8. The third-order valence-corrected chi connectivity index (χ3v) is 5.00. The van der Waals surface area contributed by atoms with Crippen LogP contribution in [0.4, 0.5) is 10.8 Å². The van der Waals surface area contributed by atoms with Gasteiger partial charge in [-0.1, -0.05) is 6.07 Å². The Morgan fingerprint density at radius 3 is 2.61 bits per heavy atom. The van der Waals surface area contributed by atoms with E-state index >= 15 is 0 Å². The predicted octanol–water partition coefficient (Wildman–Crippen LogP) is 4.66. The number of hydrogen-bond acceptors (Lipinski definition) is 6. The number of non-ortho nitro benzene ring substituents is 1. The van der Waals surface area contributed by atoms with Gasteiger partial charge in [0.1, 0.15) is 5.75 Å². The number of anilines is 1. The van der Waals surface area contributed by atoms with E-state index in [0.717, 1.165) is 22.3 Å². The molecule has 0 atom stereocenters. The van der Waals surface area contributed by atoms with Gasteiger partial charge in [-0.3, -0.25) is 20.2 Å². The summed E-state index contributed by atoms with van der Waals surface area (Å²) in [5, 5.41) is 15.7. The first-order valence-corrected chi connectivity index (χ1v) is 9.42. The van der Waals surface area contributed by atoms with Crippen LogP contribution < -0.4 is 10.1 Å². The highest BCUT2D eigenvalue weighted by molar-refractivity contribution is 7.14. The first-order chi connectivity index (χ1) is 13.3. The predicted molar refractivity (Wildman–Crippen MR) is 109 cm³/mol. The van der Waals surface area contributed by atoms with E-state index < -0.39 is 4.92 Å². The van der Waals surface area contributed by atoms with Crippen molar-refractivity contribution in [3.8, 4) is 17.0 Å². The molecule has 0 saturated carbocycles. The lowest BCUT2D eigenvalue weighted by molar-refractivity contribution is -0.384. The van der Waals surface area contributed by atoms with Gasteiger partial charge >= 0.3 is 0 Å². The number of carbonyl (C=O) groups is 1. The van der Waals surface area contributed by atoms with Crippen molar-refractivity contribution in [2.45, 2.75) is 20.8 Å². The molecule has 0 bridgehead atoms. The zero-order valence-electron chi connectivity index (χ0n) is 15.7. The number of thiazole rings is 1. The number of hydrogen-bond donors (Lipinski definition) is 1. The second-order valence-electron chi connectivity index (χ2n) is 6.38. The van der Waals surface area contributed by atoms with Gasteiger partial charge in [0.25, 0.3) is 11.6 Å². The highest BCUT2D eigenvalue weighted by Gasteiger charge is 2.12. The molecule has 1 amide bonds. The van der Waals surface area contributed by atoms with Crippen molar-refractivity contribution < 1.29 is 14.5 Å². The maximum atomic E-state index is 12.2. The van der Waals surface area contributed by atoms with Crippen LogP contribution in [-0.2, 0) is 4.79 Å². The normalized spacial score (nSPS) is 10.5. The van der Waals surface area contributed by atoms with E-state index in [1.54, 1.807) is 17.5 Å². The van der Waals surface area contributed by atoms with Crippen LogP contribution in [0.15, 0.2) is 41.8 Å². The summed E-state index contributed by atoms with van der Waals surface area (Å²) in [6.07, 6.45) is 0. The smallest absolute Gasteiger partial charge is 0.269 e. The van der Waals surface area contributed by atoms with E-state index in [1.807, 2.05) is 26.8 Å². The third kappa shape index (κ3) is 4.52. The van der Waals surface area contributed by atoms with E-state index in [4.69, 9.17) is 4.74 Å². The topological polar surface area (TPSA) is 94.4 Å². The van der Waals surface area contributed by atoms with Crippen LogP contribution in [0.5, 0.6) is 5.75 Å². The Morgan fingerprint density at radius 1 is 1.21 bits per heavy atom. The number of aromatic nitrogens is 1. The first kappa shape index (κ1) is 19.5. The lowest BCUT2D eigenvalue weighted by Crippen LogP contribution is -2.20. The molecule has 0 saturated heterocycles. The minimum atomic E-state index is -0.450. The third-order valence-electron chi connectivity index (χ3n) is 4.25. The monoisotopic (exact) mass is 397 g/mol. The number of nitrogens with one attached hydrogen (secondary N) is 1. The zero-order chi connectivity index (χ0) is 20.3. The van der Waals surface area contributed by atoms with Crippen LogP contribution in [0.1, 0.15) is 16.7 Å². The molecule has 28 heavy (non-hydrogen) atoms. The number of benzene rings is 2. The lowest BCUT2D eigenvalue weighted by Gasteiger charge is -2.11. The number of aryl methyl sites for hydroxylation is 2. The summed E-state index contributed by atoms with van der Waals surface area (Å²) in [7, 11) is 0. The molecule has 144 valence electrons. The molecule has 1 heterocycles. The van der Waals surface area contributed by atoms with Crippen molar-refractivity contribution in [3.63, 3.8) is 0 Å². The minimum Gasteiger partial charge on any atom is -0.483 e. The zero-order valence-corrected chi connectivity index (χ0v) is 16.5. The van der Waals surface area contributed by atoms with Crippen molar-refractivity contribution >= 4 is 28.1 Å². The molecule has 0 spiro atoms. The molecule has 1 aromatic heterocycles. The number of ether oxygens (including phenoxy) is 1. The maximum absolute atomic E-state index is 12.2. The Morgan fingerprint density at radius 2 is 1.93 bits per heavy atom. The first-order valence-electron chi connectivity index (χ1n) is 8.54. The van der Waals surface area contributed by atoms with Gasteiger partial charge in [0.15, 0.2) is 11.7 Å². The van der Waals surface area contributed by atoms with Crippen molar-refractivity contribution in [1.29, 1.82) is 0 Å². The SMILES string of the molecule is Cc1cc(C)c(C)c(OCC(=O)Nc2nc(-c3ccc([N+](=O)[O-])cc3)cs2)c1. The van der Waals surface area contributed by atoms with Gasteiger partial charge in [0.05, 0.1) is 10.6 Å². The molecule has 8 heteroatoms. The van der Waals surface area contributed by atoms with E-state index in [9.17, 15) is 14.9 Å². The number of nitro groups is 1. The van der Waals surface area contributed by atoms with Crippen molar-refractivity contribution in [1.82, 2.24) is 4.98 Å².